The lowest BCUT2D eigenvalue weighted by molar-refractivity contribution is -0.135. The SMILES string of the molecule is CS(=O)(=O)N(CC(=O)O)c1ccc(Cl)cc1F. The quantitative estimate of drug-likeness (QED) is 0.903. The van der Waals surface area contributed by atoms with Gasteiger partial charge in [0.15, 0.2) is 0 Å². The van der Waals surface area contributed by atoms with E-state index in [1.54, 1.807) is 0 Å². The molecule has 0 aliphatic carbocycles. The second-order valence-corrected chi connectivity index (χ2v) is 5.60. The number of carboxylic acids is 1. The van der Waals surface area contributed by atoms with Crippen LogP contribution in [-0.2, 0) is 14.8 Å². The number of hydrogen-bond donors (Lipinski definition) is 1. The molecule has 94 valence electrons. The van der Waals surface area contributed by atoms with E-state index in [2.05, 4.69) is 0 Å². The van der Waals surface area contributed by atoms with Gasteiger partial charge < -0.3 is 5.11 Å². The number of rotatable bonds is 4. The molecule has 0 atom stereocenters. The van der Waals surface area contributed by atoms with E-state index in [0.29, 0.717) is 4.31 Å². The molecule has 17 heavy (non-hydrogen) atoms. The van der Waals surface area contributed by atoms with Crippen molar-refractivity contribution in [3.05, 3.63) is 29.0 Å². The molecule has 0 saturated heterocycles. The number of carboxylic acid groups (broad SMARTS) is 1. The van der Waals surface area contributed by atoms with E-state index in [4.69, 9.17) is 16.7 Å². The minimum atomic E-state index is -3.88. The van der Waals surface area contributed by atoms with Gasteiger partial charge in [-0.1, -0.05) is 11.6 Å². The van der Waals surface area contributed by atoms with Crippen LogP contribution in [0.5, 0.6) is 0 Å². The number of halogens is 2. The van der Waals surface area contributed by atoms with Crippen LogP contribution in [0.4, 0.5) is 10.1 Å². The smallest absolute Gasteiger partial charge is 0.324 e. The van der Waals surface area contributed by atoms with Crippen LogP contribution < -0.4 is 4.31 Å². The number of carbonyl (C=O) groups is 1. The molecular formula is C9H9ClFNO4S. The minimum absolute atomic E-state index is 0.0926. The number of nitrogens with zero attached hydrogens (tertiary/aromatic N) is 1. The Balaban J connectivity index is 3.27. The molecular weight excluding hydrogens is 273 g/mol. The van der Waals surface area contributed by atoms with Crippen molar-refractivity contribution >= 4 is 33.3 Å². The highest BCUT2D eigenvalue weighted by Gasteiger charge is 2.23. The molecule has 0 amide bonds. The Bertz CT molecular complexity index is 546. The van der Waals surface area contributed by atoms with E-state index < -0.39 is 28.4 Å². The molecule has 0 radical (unpaired) electrons. The zero-order chi connectivity index (χ0) is 13.2. The van der Waals surface area contributed by atoms with Gasteiger partial charge in [0.25, 0.3) is 0 Å². The fourth-order valence-corrected chi connectivity index (χ4v) is 2.20. The molecule has 5 nitrogen and oxygen atoms in total. The molecule has 1 N–H and O–H groups in total. The van der Waals surface area contributed by atoms with E-state index in [9.17, 15) is 17.6 Å². The van der Waals surface area contributed by atoms with Crippen LogP contribution in [0.2, 0.25) is 5.02 Å². The first-order valence-electron chi connectivity index (χ1n) is 4.36. The van der Waals surface area contributed by atoms with Crippen LogP contribution in [0.3, 0.4) is 0 Å². The number of benzene rings is 1. The van der Waals surface area contributed by atoms with E-state index in [1.165, 1.54) is 6.07 Å². The van der Waals surface area contributed by atoms with Gasteiger partial charge in [0.05, 0.1) is 11.9 Å². The summed E-state index contributed by atoms with van der Waals surface area (Å²) in [6.45, 7) is -0.850. The fourth-order valence-electron chi connectivity index (χ4n) is 1.19. The van der Waals surface area contributed by atoms with Crippen molar-refractivity contribution in [2.24, 2.45) is 0 Å². The molecule has 0 aliphatic rings. The van der Waals surface area contributed by atoms with Crippen molar-refractivity contribution in [1.29, 1.82) is 0 Å². The van der Waals surface area contributed by atoms with Crippen LogP contribution in [0.15, 0.2) is 18.2 Å². The maximum atomic E-state index is 13.5. The monoisotopic (exact) mass is 281 g/mol. The zero-order valence-electron chi connectivity index (χ0n) is 8.72. The van der Waals surface area contributed by atoms with E-state index in [-0.39, 0.29) is 10.7 Å². The van der Waals surface area contributed by atoms with Gasteiger partial charge in [-0.25, -0.2) is 12.8 Å². The molecule has 1 rings (SSSR count). The molecule has 0 fully saturated rings. The Labute approximate surface area is 102 Å². The highest BCUT2D eigenvalue weighted by Crippen LogP contribution is 2.24. The van der Waals surface area contributed by atoms with Gasteiger partial charge in [0, 0.05) is 5.02 Å². The van der Waals surface area contributed by atoms with Crippen molar-refractivity contribution in [1.82, 2.24) is 0 Å². The number of aliphatic carboxylic acids is 1. The first-order chi connectivity index (χ1) is 7.71. The number of anilines is 1. The summed E-state index contributed by atoms with van der Waals surface area (Å²) in [5.41, 5.74) is -0.348. The Kier molecular flexibility index (Phi) is 3.94. The van der Waals surface area contributed by atoms with E-state index in [0.717, 1.165) is 18.4 Å². The highest BCUT2D eigenvalue weighted by atomic mass is 35.5. The maximum Gasteiger partial charge on any atom is 0.324 e. The average Bonchev–Trinajstić information content (AvgIpc) is 2.13. The van der Waals surface area contributed by atoms with Gasteiger partial charge in [0.2, 0.25) is 10.0 Å². The van der Waals surface area contributed by atoms with E-state index >= 15 is 0 Å². The summed E-state index contributed by atoms with van der Waals surface area (Å²) >= 11 is 5.52. The standard InChI is InChI=1S/C9H9ClFNO4S/c1-17(15,16)12(5-9(13)14)8-3-2-6(10)4-7(8)11/h2-4H,5H2,1H3,(H,13,14). The van der Waals surface area contributed by atoms with Crippen molar-refractivity contribution < 1.29 is 22.7 Å². The van der Waals surface area contributed by atoms with Crippen LogP contribution in [0.25, 0.3) is 0 Å². The van der Waals surface area contributed by atoms with Gasteiger partial charge in [-0.05, 0) is 18.2 Å². The van der Waals surface area contributed by atoms with Crippen molar-refractivity contribution in [3.63, 3.8) is 0 Å². The van der Waals surface area contributed by atoms with Crippen LogP contribution in [0.1, 0.15) is 0 Å². The Morgan fingerprint density at radius 2 is 2.12 bits per heavy atom. The lowest BCUT2D eigenvalue weighted by atomic mass is 10.3. The largest absolute Gasteiger partial charge is 0.480 e. The summed E-state index contributed by atoms with van der Waals surface area (Å²) in [7, 11) is -3.88. The molecule has 0 unspecified atom stereocenters. The third-order valence-electron chi connectivity index (χ3n) is 1.86. The molecule has 0 heterocycles. The topological polar surface area (TPSA) is 74.7 Å². The van der Waals surface area contributed by atoms with Crippen molar-refractivity contribution in [2.75, 3.05) is 17.1 Å². The third-order valence-corrected chi connectivity index (χ3v) is 3.22. The molecule has 0 saturated carbocycles. The molecule has 0 bridgehead atoms. The summed E-state index contributed by atoms with van der Waals surface area (Å²) in [5.74, 6) is -2.28. The molecule has 1 aromatic rings. The van der Waals surface area contributed by atoms with Crippen LogP contribution in [-0.4, -0.2) is 32.3 Å². The summed E-state index contributed by atoms with van der Waals surface area (Å²) in [5, 5.41) is 8.69. The Morgan fingerprint density at radius 1 is 1.53 bits per heavy atom. The minimum Gasteiger partial charge on any atom is -0.480 e. The predicted molar refractivity (Wildman–Crippen MR) is 61.2 cm³/mol. The van der Waals surface area contributed by atoms with Gasteiger partial charge in [-0.15, -0.1) is 0 Å². The highest BCUT2D eigenvalue weighted by molar-refractivity contribution is 7.92. The average molecular weight is 282 g/mol. The van der Waals surface area contributed by atoms with Gasteiger partial charge in [0.1, 0.15) is 12.4 Å². The zero-order valence-corrected chi connectivity index (χ0v) is 10.3. The first-order valence-corrected chi connectivity index (χ1v) is 6.59. The number of sulfonamides is 1. The van der Waals surface area contributed by atoms with Gasteiger partial charge >= 0.3 is 5.97 Å². The van der Waals surface area contributed by atoms with Gasteiger partial charge in [-0.3, -0.25) is 9.10 Å². The second kappa shape index (κ2) is 4.89. The molecule has 0 aromatic heterocycles. The Morgan fingerprint density at radius 3 is 2.53 bits per heavy atom. The molecule has 1 aromatic carbocycles. The third kappa shape index (κ3) is 3.57. The molecule has 8 heteroatoms. The normalized spacial score (nSPS) is 11.2. The fraction of sp³-hybridized carbons (Fsp3) is 0.222. The first kappa shape index (κ1) is 13.7. The second-order valence-electron chi connectivity index (χ2n) is 3.26. The van der Waals surface area contributed by atoms with E-state index in [1.807, 2.05) is 0 Å². The summed E-state index contributed by atoms with van der Waals surface area (Å²) < 4.78 is 36.7. The van der Waals surface area contributed by atoms with Crippen LogP contribution in [0, 0.1) is 5.82 Å². The summed E-state index contributed by atoms with van der Waals surface area (Å²) in [4.78, 5) is 10.6. The van der Waals surface area contributed by atoms with Crippen molar-refractivity contribution in [3.8, 4) is 0 Å². The van der Waals surface area contributed by atoms with Gasteiger partial charge in [-0.2, -0.15) is 0 Å². The number of hydrogen-bond acceptors (Lipinski definition) is 3. The lowest BCUT2D eigenvalue weighted by Crippen LogP contribution is -2.35. The van der Waals surface area contributed by atoms with Crippen molar-refractivity contribution in [2.45, 2.75) is 0 Å². The lowest BCUT2D eigenvalue weighted by Gasteiger charge is -2.20. The Hall–Kier alpha value is -1.34. The molecule has 0 aliphatic heterocycles. The summed E-state index contributed by atoms with van der Waals surface area (Å²) in [6.07, 6.45) is 0.796. The molecule has 0 spiro atoms. The summed E-state index contributed by atoms with van der Waals surface area (Å²) in [6, 6.07) is 3.30. The van der Waals surface area contributed by atoms with Crippen LogP contribution >= 0.6 is 11.6 Å². The maximum absolute atomic E-state index is 13.5. The predicted octanol–water partition coefficient (Wildman–Crippen LogP) is 1.33.